The van der Waals surface area contributed by atoms with E-state index in [1.165, 1.54) is 41.1 Å². The molecule has 0 aliphatic heterocycles. The molecule has 0 saturated carbocycles. The van der Waals surface area contributed by atoms with Crippen LogP contribution in [-0.4, -0.2) is 19.1 Å². The molecule has 0 bridgehead atoms. The number of hydrogen-bond donors (Lipinski definition) is 0. The normalized spacial score (nSPS) is 13.3. The van der Waals surface area contributed by atoms with Crippen molar-refractivity contribution in [2.24, 2.45) is 31.8 Å². The first-order chi connectivity index (χ1) is 17.1. The van der Waals surface area contributed by atoms with Gasteiger partial charge in [-0.05, 0) is 78.6 Å². The van der Waals surface area contributed by atoms with Gasteiger partial charge in [-0.25, -0.2) is 4.98 Å². The van der Waals surface area contributed by atoms with Crippen molar-refractivity contribution in [3.63, 3.8) is 0 Å². The van der Waals surface area contributed by atoms with E-state index in [1.807, 2.05) is 56.6 Å². The molecule has 2 aromatic carbocycles. The molecule has 0 saturated heterocycles. The molecule has 8 heteroatoms. The van der Waals surface area contributed by atoms with Gasteiger partial charge in [0.15, 0.2) is 0 Å². The molecule has 0 spiro atoms. The second-order valence-corrected chi connectivity index (χ2v) is 12.7. The Labute approximate surface area is 221 Å². The zero-order valence-electron chi connectivity index (χ0n) is 21.9. The minimum atomic E-state index is 0.389. The van der Waals surface area contributed by atoms with Crippen molar-refractivity contribution in [3.05, 3.63) is 60.2 Å². The fourth-order valence-corrected chi connectivity index (χ4v) is 5.97. The molecule has 0 amide bonds. The Hall–Kier alpha value is -2.97. The highest BCUT2D eigenvalue weighted by atomic mass is 32.1. The van der Waals surface area contributed by atoms with Gasteiger partial charge in [0.2, 0.25) is 5.13 Å². The quantitative estimate of drug-likeness (QED) is 0.207. The summed E-state index contributed by atoms with van der Waals surface area (Å²) < 4.78 is 1.05. The minimum absolute atomic E-state index is 0.389. The predicted molar refractivity (Wildman–Crippen MR) is 155 cm³/mol. The summed E-state index contributed by atoms with van der Waals surface area (Å²) in [5.74, 6) is 0.724. The van der Waals surface area contributed by atoms with Gasteiger partial charge in [-0.15, -0.1) is 20.5 Å². The molecule has 0 N–H and O–H groups in total. The molecule has 1 atom stereocenters. The van der Waals surface area contributed by atoms with Crippen LogP contribution in [0.4, 0.5) is 27.2 Å². The van der Waals surface area contributed by atoms with E-state index in [0.29, 0.717) is 10.5 Å². The SMILES string of the molecule is CC(CCc1ccc(/N=N/c2cc3sc(/N=N/c4ccc(N(C)C)cc4)nc3s2)cc1)CC(C)(C)C. The van der Waals surface area contributed by atoms with Crippen LogP contribution >= 0.6 is 22.7 Å². The van der Waals surface area contributed by atoms with E-state index in [1.54, 1.807) is 0 Å². The summed E-state index contributed by atoms with van der Waals surface area (Å²) in [6, 6.07) is 18.4. The fourth-order valence-electron chi connectivity index (χ4n) is 4.12. The standard InChI is InChI=1S/C28H34N6S2/c1-19(18-28(2,3)4)7-8-20-9-11-21(12-10-20)30-32-25-17-24-26(36-25)29-27(35-24)33-31-22-13-15-23(16-14-22)34(5)6/h9-17,19H,7-8,18H2,1-6H3/b32-30+,33-31+. The molecule has 188 valence electrons. The van der Waals surface area contributed by atoms with Gasteiger partial charge >= 0.3 is 0 Å². The number of aromatic nitrogens is 1. The number of azo groups is 2. The Bertz CT molecular complexity index is 1290. The maximum atomic E-state index is 4.58. The lowest BCUT2D eigenvalue weighted by atomic mass is 9.83. The molecule has 1 unspecified atom stereocenters. The highest BCUT2D eigenvalue weighted by Crippen LogP contribution is 2.39. The van der Waals surface area contributed by atoms with E-state index in [4.69, 9.17) is 0 Å². The van der Waals surface area contributed by atoms with E-state index in [2.05, 4.69) is 70.2 Å². The third-order valence-corrected chi connectivity index (χ3v) is 7.70. The van der Waals surface area contributed by atoms with Crippen molar-refractivity contribution in [3.8, 4) is 0 Å². The van der Waals surface area contributed by atoms with Crippen LogP contribution in [0.1, 0.15) is 46.1 Å². The molecule has 0 aliphatic carbocycles. The molecule has 4 aromatic rings. The van der Waals surface area contributed by atoms with Gasteiger partial charge in [0.25, 0.3) is 0 Å². The van der Waals surface area contributed by atoms with Crippen LogP contribution in [0.15, 0.2) is 75.1 Å². The predicted octanol–water partition coefficient (Wildman–Crippen LogP) is 10.3. The van der Waals surface area contributed by atoms with Crippen LogP contribution in [0.3, 0.4) is 0 Å². The van der Waals surface area contributed by atoms with Crippen LogP contribution in [0.2, 0.25) is 0 Å². The molecule has 0 radical (unpaired) electrons. The van der Waals surface area contributed by atoms with Crippen molar-refractivity contribution < 1.29 is 0 Å². The topological polar surface area (TPSA) is 65.6 Å². The Balaban J connectivity index is 1.33. The van der Waals surface area contributed by atoms with Gasteiger partial charge in [-0.3, -0.25) is 0 Å². The van der Waals surface area contributed by atoms with Crippen molar-refractivity contribution in [1.29, 1.82) is 0 Å². The Morgan fingerprint density at radius 1 is 0.861 bits per heavy atom. The summed E-state index contributed by atoms with van der Waals surface area (Å²) in [5, 5.41) is 18.9. The smallest absolute Gasteiger partial charge is 0.231 e. The number of fused-ring (bicyclic) bond motifs is 1. The molecular formula is C28H34N6S2. The maximum absolute atomic E-state index is 4.58. The average Bonchev–Trinajstić information content (AvgIpc) is 3.38. The Morgan fingerprint density at radius 2 is 1.50 bits per heavy atom. The lowest BCUT2D eigenvalue weighted by Gasteiger charge is -2.23. The number of anilines is 1. The van der Waals surface area contributed by atoms with Crippen LogP contribution < -0.4 is 4.90 Å². The zero-order chi connectivity index (χ0) is 25.7. The molecule has 2 heterocycles. The van der Waals surface area contributed by atoms with Gasteiger partial charge in [0.1, 0.15) is 9.83 Å². The van der Waals surface area contributed by atoms with E-state index in [-0.39, 0.29) is 0 Å². The summed E-state index contributed by atoms with van der Waals surface area (Å²) in [5.41, 5.74) is 4.54. The number of thiazole rings is 1. The Kier molecular flexibility index (Phi) is 8.26. The summed E-state index contributed by atoms with van der Waals surface area (Å²) in [7, 11) is 4.03. The van der Waals surface area contributed by atoms with Crippen LogP contribution in [0, 0.1) is 11.3 Å². The molecule has 6 nitrogen and oxygen atoms in total. The van der Waals surface area contributed by atoms with Crippen molar-refractivity contribution in [2.45, 2.75) is 47.0 Å². The third kappa shape index (κ3) is 7.51. The number of rotatable bonds is 9. The Morgan fingerprint density at radius 3 is 2.11 bits per heavy atom. The molecule has 0 aliphatic rings. The van der Waals surface area contributed by atoms with Crippen molar-refractivity contribution in [1.82, 2.24) is 4.98 Å². The summed E-state index contributed by atoms with van der Waals surface area (Å²) in [6.07, 6.45) is 3.56. The van der Waals surface area contributed by atoms with Crippen molar-refractivity contribution in [2.75, 3.05) is 19.0 Å². The highest BCUT2D eigenvalue weighted by molar-refractivity contribution is 7.30. The highest BCUT2D eigenvalue weighted by Gasteiger charge is 2.15. The van der Waals surface area contributed by atoms with E-state index < -0.39 is 0 Å². The second-order valence-electron chi connectivity index (χ2n) is 10.6. The van der Waals surface area contributed by atoms with Crippen LogP contribution in [0.5, 0.6) is 0 Å². The maximum Gasteiger partial charge on any atom is 0.231 e. The lowest BCUT2D eigenvalue weighted by Crippen LogP contribution is -2.11. The molecule has 36 heavy (non-hydrogen) atoms. The summed E-state index contributed by atoms with van der Waals surface area (Å²) >= 11 is 3.02. The summed E-state index contributed by atoms with van der Waals surface area (Å²) in [4.78, 5) is 7.54. The number of benzene rings is 2. The largest absolute Gasteiger partial charge is 0.378 e. The first-order valence-corrected chi connectivity index (χ1v) is 13.9. The molecule has 2 aromatic heterocycles. The monoisotopic (exact) mass is 518 g/mol. The number of aryl methyl sites for hydroxylation is 1. The van der Waals surface area contributed by atoms with Gasteiger partial charge in [-0.1, -0.05) is 62.5 Å². The van der Waals surface area contributed by atoms with E-state index >= 15 is 0 Å². The van der Waals surface area contributed by atoms with Gasteiger partial charge in [-0.2, -0.15) is 0 Å². The first kappa shape index (κ1) is 26.1. The third-order valence-electron chi connectivity index (χ3n) is 5.77. The van der Waals surface area contributed by atoms with Gasteiger partial charge in [0.05, 0.1) is 16.1 Å². The number of thiophene rings is 1. The van der Waals surface area contributed by atoms with Gasteiger partial charge in [0, 0.05) is 19.8 Å². The second kappa shape index (κ2) is 11.4. The molecular weight excluding hydrogens is 484 g/mol. The van der Waals surface area contributed by atoms with Crippen LogP contribution in [0.25, 0.3) is 9.53 Å². The van der Waals surface area contributed by atoms with Crippen molar-refractivity contribution >= 4 is 59.4 Å². The first-order valence-electron chi connectivity index (χ1n) is 12.2. The van der Waals surface area contributed by atoms with Gasteiger partial charge < -0.3 is 4.90 Å². The number of hydrogen-bond acceptors (Lipinski definition) is 8. The molecule has 0 fully saturated rings. The minimum Gasteiger partial charge on any atom is -0.378 e. The lowest BCUT2D eigenvalue weighted by molar-refractivity contribution is 0.297. The number of nitrogens with zero attached hydrogens (tertiary/aromatic N) is 6. The fraction of sp³-hybridized carbons (Fsp3) is 0.393. The zero-order valence-corrected chi connectivity index (χ0v) is 23.5. The van der Waals surface area contributed by atoms with E-state index in [0.717, 1.165) is 43.9 Å². The van der Waals surface area contributed by atoms with Crippen LogP contribution in [-0.2, 0) is 6.42 Å². The summed E-state index contributed by atoms with van der Waals surface area (Å²) in [6.45, 7) is 9.29. The van der Waals surface area contributed by atoms with E-state index in [9.17, 15) is 0 Å². The molecule has 4 rings (SSSR count). The average molecular weight is 519 g/mol.